The van der Waals surface area contributed by atoms with Gasteiger partial charge in [0, 0.05) is 31.6 Å². The molecule has 2 aliphatic heterocycles. The van der Waals surface area contributed by atoms with E-state index in [9.17, 15) is 0 Å². The molecule has 1 aromatic carbocycles. The van der Waals surface area contributed by atoms with Crippen LogP contribution >= 0.6 is 23.2 Å². The summed E-state index contributed by atoms with van der Waals surface area (Å²) in [6, 6.07) is 5.51. The van der Waals surface area contributed by atoms with E-state index < -0.39 is 0 Å². The van der Waals surface area contributed by atoms with Gasteiger partial charge in [-0.1, -0.05) is 29.3 Å². The maximum absolute atomic E-state index is 6.34. The molecule has 2 fully saturated rings. The van der Waals surface area contributed by atoms with E-state index in [-0.39, 0.29) is 6.10 Å². The van der Waals surface area contributed by atoms with Crippen LogP contribution in [0.3, 0.4) is 0 Å². The zero-order chi connectivity index (χ0) is 14.7. The molecule has 0 spiro atoms. The molecular weight excluding hydrogens is 309 g/mol. The summed E-state index contributed by atoms with van der Waals surface area (Å²) >= 11 is 12.5. The molecule has 116 valence electrons. The number of halogens is 2. The number of hydrogen-bond acceptors (Lipinski definition) is 3. The summed E-state index contributed by atoms with van der Waals surface area (Å²) in [5.41, 5.74) is 0. The molecular formula is C16H21Cl2NO2. The van der Waals surface area contributed by atoms with Gasteiger partial charge < -0.3 is 14.8 Å². The summed E-state index contributed by atoms with van der Waals surface area (Å²) < 4.78 is 11.8. The average molecular weight is 330 g/mol. The number of ether oxygens (including phenoxy) is 2. The van der Waals surface area contributed by atoms with Gasteiger partial charge in [-0.05, 0) is 37.9 Å². The zero-order valence-corrected chi connectivity index (χ0v) is 13.5. The van der Waals surface area contributed by atoms with Crippen LogP contribution in [0.4, 0.5) is 0 Å². The molecule has 0 bridgehead atoms. The second-order valence-electron chi connectivity index (χ2n) is 5.84. The molecule has 0 radical (unpaired) electrons. The van der Waals surface area contributed by atoms with Gasteiger partial charge in [0.25, 0.3) is 0 Å². The Hall–Kier alpha value is -0.480. The second-order valence-corrected chi connectivity index (χ2v) is 6.65. The van der Waals surface area contributed by atoms with Gasteiger partial charge in [0.05, 0.1) is 10.0 Å². The normalized spacial score (nSPS) is 25.0. The molecule has 5 heteroatoms. The second kappa shape index (κ2) is 7.19. The van der Waals surface area contributed by atoms with Gasteiger partial charge in [0.15, 0.2) is 5.75 Å². The molecule has 3 rings (SSSR count). The lowest BCUT2D eigenvalue weighted by Gasteiger charge is -2.34. The van der Waals surface area contributed by atoms with Crippen LogP contribution in [-0.4, -0.2) is 32.4 Å². The van der Waals surface area contributed by atoms with Crippen molar-refractivity contribution < 1.29 is 9.47 Å². The van der Waals surface area contributed by atoms with Crippen LogP contribution < -0.4 is 10.1 Å². The van der Waals surface area contributed by atoms with E-state index in [1.54, 1.807) is 0 Å². The molecule has 1 N–H and O–H groups in total. The SMILES string of the molecule is Clc1cccc(Cl)c1O[C@@H](C1CCOCC1)C1CCNC1. The molecule has 2 saturated heterocycles. The van der Waals surface area contributed by atoms with Crippen molar-refractivity contribution >= 4 is 23.2 Å². The number of hydrogen-bond donors (Lipinski definition) is 1. The van der Waals surface area contributed by atoms with Crippen molar-refractivity contribution in [2.75, 3.05) is 26.3 Å². The molecule has 1 aromatic rings. The molecule has 2 aliphatic rings. The van der Waals surface area contributed by atoms with E-state index in [1.165, 1.54) is 0 Å². The molecule has 2 atom stereocenters. The first-order valence-corrected chi connectivity index (χ1v) is 8.40. The highest BCUT2D eigenvalue weighted by atomic mass is 35.5. The average Bonchev–Trinajstić information content (AvgIpc) is 3.02. The van der Waals surface area contributed by atoms with E-state index in [0.717, 1.165) is 45.6 Å². The summed E-state index contributed by atoms with van der Waals surface area (Å²) in [6.45, 7) is 3.70. The molecule has 2 heterocycles. The molecule has 21 heavy (non-hydrogen) atoms. The van der Waals surface area contributed by atoms with Gasteiger partial charge in [-0.2, -0.15) is 0 Å². The van der Waals surface area contributed by atoms with Gasteiger partial charge >= 0.3 is 0 Å². The van der Waals surface area contributed by atoms with E-state index >= 15 is 0 Å². The monoisotopic (exact) mass is 329 g/mol. The summed E-state index contributed by atoms with van der Waals surface area (Å²) in [6.07, 6.45) is 3.39. The van der Waals surface area contributed by atoms with Crippen molar-refractivity contribution in [1.82, 2.24) is 5.32 Å². The summed E-state index contributed by atoms with van der Waals surface area (Å²) in [5.74, 6) is 1.65. The highest BCUT2D eigenvalue weighted by Crippen LogP contribution is 2.37. The van der Waals surface area contributed by atoms with Gasteiger partial charge in [-0.25, -0.2) is 0 Å². The molecule has 1 unspecified atom stereocenters. The fourth-order valence-electron chi connectivity index (χ4n) is 3.31. The first-order valence-electron chi connectivity index (χ1n) is 7.65. The minimum Gasteiger partial charge on any atom is -0.487 e. The third-order valence-corrected chi connectivity index (χ3v) is 5.06. The predicted octanol–water partition coefficient (Wildman–Crippen LogP) is 3.78. The highest BCUT2D eigenvalue weighted by molar-refractivity contribution is 6.37. The fourth-order valence-corrected chi connectivity index (χ4v) is 3.80. The molecule has 0 aliphatic carbocycles. The van der Waals surface area contributed by atoms with Crippen molar-refractivity contribution in [3.05, 3.63) is 28.2 Å². The van der Waals surface area contributed by atoms with E-state index in [1.807, 2.05) is 18.2 Å². The third-order valence-electron chi connectivity index (χ3n) is 4.47. The molecule has 3 nitrogen and oxygen atoms in total. The minimum absolute atomic E-state index is 0.154. The Labute approximate surface area is 135 Å². The lowest BCUT2D eigenvalue weighted by Crippen LogP contribution is -2.39. The van der Waals surface area contributed by atoms with E-state index in [2.05, 4.69) is 5.32 Å². The van der Waals surface area contributed by atoms with Gasteiger partial charge in [-0.15, -0.1) is 0 Å². The number of benzene rings is 1. The number of para-hydroxylation sites is 1. The lowest BCUT2D eigenvalue weighted by atomic mass is 9.85. The van der Waals surface area contributed by atoms with Gasteiger partial charge in [-0.3, -0.25) is 0 Å². The molecule has 0 aromatic heterocycles. The largest absolute Gasteiger partial charge is 0.487 e. The standard InChI is InChI=1S/C16H21Cl2NO2/c17-13-2-1-3-14(18)16(13)21-15(12-4-7-19-10-12)11-5-8-20-9-6-11/h1-3,11-12,15,19H,4-10H2/t12?,15-/m0/s1. The maximum atomic E-state index is 6.34. The summed E-state index contributed by atoms with van der Waals surface area (Å²) in [5, 5.41) is 4.61. The Balaban J connectivity index is 1.80. The van der Waals surface area contributed by atoms with Crippen molar-refractivity contribution in [3.8, 4) is 5.75 Å². The highest BCUT2D eigenvalue weighted by Gasteiger charge is 2.35. The molecule has 0 saturated carbocycles. The van der Waals surface area contributed by atoms with Crippen LogP contribution in [0.2, 0.25) is 10.0 Å². The Morgan fingerprint density at radius 2 is 1.81 bits per heavy atom. The molecule has 0 amide bonds. The Morgan fingerprint density at radius 1 is 1.10 bits per heavy atom. The van der Waals surface area contributed by atoms with Crippen LogP contribution in [-0.2, 0) is 4.74 Å². The van der Waals surface area contributed by atoms with Crippen molar-refractivity contribution in [1.29, 1.82) is 0 Å². The van der Waals surface area contributed by atoms with Crippen LogP contribution in [0, 0.1) is 11.8 Å². The van der Waals surface area contributed by atoms with Crippen molar-refractivity contribution in [3.63, 3.8) is 0 Å². The van der Waals surface area contributed by atoms with E-state index in [0.29, 0.717) is 27.6 Å². The predicted molar refractivity (Wildman–Crippen MR) is 85.4 cm³/mol. The van der Waals surface area contributed by atoms with Crippen LogP contribution in [0.15, 0.2) is 18.2 Å². The minimum atomic E-state index is 0.154. The van der Waals surface area contributed by atoms with Crippen molar-refractivity contribution in [2.45, 2.75) is 25.4 Å². The maximum Gasteiger partial charge on any atom is 0.156 e. The van der Waals surface area contributed by atoms with E-state index in [4.69, 9.17) is 32.7 Å². The Bertz CT molecular complexity index is 451. The smallest absolute Gasteiger partial charge is 0.156 e. The third kappa shape index (κ3) is 3.65. The number of nitrogens with one attached hydrogen (secondary N) is 1. The lowest BCUT2D eigenvalue weighted by molar-refractivity contribution is -0.00125. The van der Waals surface area contributed by atoms with Gasteiger partial charge in [0.2, 0.25) is 0 Å². The van der Waals surface area contributed by atoms with Crippen LogP contribution in [0.1, 0.15) is 19.3 Å². The van der Waals surface area contributed by atoms with Crippen LogP contribution in [0.5, 0.6) is 5.75 Å². The first-order chi connectivity index (χ1) is 10.3. The zero-order valence-electron chi connectivity index (χ0n) is 12.0. The fraction of sp³-hybridized carbons (Fsp3) is 0.625. The quantitative estimate of drug-likeness (QED) is 0.911. The summed E-state index contributed by atoms with van der Waals surface area (Å²) in [7, 11) is 0. The topological polar surface area (TPSA) is 30.5 Å². The van der Waals surface area contributed by atoms with Gasteiger partial charge in [0.1, 0.15) is 6.10 Å². The van der Waals surface area contributed by atoms with Crippen molar-refractivity contribution in [2.24, 2.45) is 11.8 Å². The summed E-state index contributed by atoms with van der Waals surface area (Å²) in [4.78, 5) is 0. The van der Waals surface area contributed by atoms with Crippen LogP contribution in [0.25, 0.3) is 0 Å². The Kier molecular flexibility index (Phi) is 5.28. The number of rotatable bonds is 4. The first kappa shape index (κ1) is 15.4. The Morgan fingerprint density at radius 3 is 2.43 bits per heavy atom.